The van der Waals surface area contributed by atoms with Crippen LogP contribution < -0.4 is 0 Å². The van der Waals surface area contributed by atoms with Crippen molar-refractivity contribution in [1.82, 2.24) is 15.1 Å². The van der Waals surface area contributed by atoms with Gasteiger partial charge in [-0.1, -0.05) is 23.7 Å². The number of carbonyl (C=O) groups excluding carboxylic acids is 1. The van der Waals surface area contributed by atoms with Crippen molar-refractivity contribution < 1.29 is 9.90 Å². The second-order valence-corrected chi connectivity index (χ2v) is 6.14. The van der Waals surface area contributed by atoms with E-state index in [1.165, 1.54) is 0 Å². The molecule has 0 spiro atoms. The molecule has 3 rings (SSSR count). The SMILES string of the molecule is CC(O)C1CCN(C(=O)c2cn[nH]c2-c2ccc(Cl)cc2)C1. The van der Waals surface area contributed by atoms with Gasteiger partial charge >= 0.3 is 0 Å². The quantitative estimate of drug-likeness (QED) is 0.913. The lowest BCUT2D eigenvalue weighted by atomic mass is 10.0. The van der Waals surface area contributed by atoms with Crippen molar-refractivity contribution in [3.63, 3.8) is 0 Å². The Morgan fingerprint density at radius 1 is 1.45 bits per heavy atom. The molecule has 2 heterocycles. The number of likely N-dealkylation sites (tertiary alicyclic amines) is 1. The van der Waals surface area contributed by atoms with E-state index in [0.717, 1.165) is 12.0 Å². The Labute approximate surface area is 133 Å². The molecule has 6 heteroatoms. The molecule has 2 aromatic rings. The maximum absolute atomic E-state index is 12.7. The molecular weight excluding hydrogens is 302 g/mol. The first-order valence-corrected chi connectivity index (χ1v) is 7.70. The minimum Gasteiger partial charge on any atom is -0.393 e. The summed E-state index contributed by atoms with van der Waals surface area (Å²) in [5, 5.41) is 17.2. The monoisotopic (exact) mass is 319 g/mol. The van der Waals surface area contributed by atoms with Crippen LogP contribution in [0, 0.1) is 5.92 Å². The fourth-order valence-corrected chi connectivity index (χ4v) is 2.95. The van der Waals surface area contributed by atoms with E-state index >= 15 is 0 Å². The minimum atomic E-state index is -0.391. The van der Waals surface area contributed by atoms with Gasteiger partial charge in [-0.3, -0.25) is 9.89 Å². The van der Waals surface area contributed by atoms with Crippen molar-refractivity contribution in [3.8, 4) is 11.3 Å². The Balaban J connectivity index is 1.83. The summed E-state index contributed by atoms with van der Waals surface area (Å²) < 4.78 is 0. The summed E-state index contributed by atoms with van der Waals surface area (Å²) in [6, 6.07) is 7.28. The Morgan fingerprint density at radius 2 is 2.18 bits per heavy atom. The number of hydrogen-bond donors (Lipinski definition) is 2. The highest BCUT2D eigenvalue weighted by molar-refractivity contribution is 6.30. The van der Waals surface area contributed by atoms with Crippen molar-refractivity contribution in [3.05, 3.63) is 41.0 Å². The van der Waals surface area contributed by atoms with E-state index in [1.807, 2.05) is 12.1 Å². The fourth-order valence-electron chi connectivity index (χ4n) is 2.82. The number of aliphatic hydroxyl groups is 1. The molecule has 0 bridgehead atoms. The zero-order chi connectivity index (χ0) is 15.7. The highest BCUT2D eigenvalue weighted by atomic mass is 35.5. The first kappa shape index (κ1) is 15.1. The van der Waals surface area contributed by atoms with Crippen molar-refractivity contribution in [2.45, 2.75) is 19.4 Å². The normalized spacial score (nSPS) is 19.4. The predicted octanol–water partition coefficient (Wildman–Crippen LogP) is 2.57. The summed E-state index contributed by atoms with van der Waals surface area (Å²) in [5.74, 6) is 0.0942. The lowest BCUT2D eigenvalue weighted by Crippen LogP contribution is -2.30. The van der Waals surface area contributed by atoms with Gasteiger partial charge in [0.15, 0.2) is 0 Å². The van der Waals surface area contributed by atoms with Gasteiger partial charge in [0.1, 0.15) is 0 Å². The van der Waals surface area contributed by atoms with Gasteiger partial charge in [0.25, 0.3) is 5.91 Å². The standard InChI is InChI=1S/C16H18ClN3O2/c1-10(21)12-6-7-20(9-12)16(22)14-8-18-19-15(14)11-2-4-13(17)5-3-11/h2-5,8,10,12,21H,6-7,9H2,1H3,(H,18,19). The van der Waals surface area contributed by atoms with Gasteiger partial charge in [-0.2, -0.15) is 5.10 Å². The van der Waals surface area contributed by atoms with Gasteiger partial charge in [0.2, 0.25) is 0 Å². The van der Waals surface area contributed by atoms with Crippen LogP contribution in [0.2, 0.25) is 5.02 Å². The number of amides is 1. The number of halogens is 1. The van der Waals surface area contributed by atoms with E-state index in [4.69, 9.17) is 11.6 Å². The largest absolute Gasteiger partial charge is 0.393 e. The third-order valence-corrected chi connectivity index (χ3v) is 4.45. The fraction of sp³-hybridized carbons (Fsp3) is 0.375. The third kappa shape index (κ3) is 2.87. The van der Waals surface area contributed by atoms with E-state index in [2.05, 4.69) is 10.2 Å². The van der Waals surface area contributed by atoms with Crippen LogP contribution in [-0.2, 0) is 0 Å². The summed E-state index contributed by atoms with van der Waals surface area (Å²) in [7, 11) is 0. The molecular formula is C16H18ClN3O2. The summed E-state index contributed by atoms with van der Waals surface area (Å²) in [6.07, 6.45) is 2.00. The van der Waals surface area contributed by atoms with Gasteiger partial charge in [0, 0.05) is 29.6 Å². The summed E-state index contributed by atoms with van der Waals surface area (Å²) >= 11 is 5.90. The molecule has 2 N–H and O–H groups in total. The topological polar surface area (TPSA) is 69.2 Å². The summed E-state index contributed by atoms with van der Waals surface area (Å²) in [4.78, 5) is 14.5. The number of nitrogens with zero attached hydrogens (tertiary/aromatic N) is 2. The number of H-pyrrole nitrogens is 1. The molecule has 1 aromatic carbocycles. The number of aromatic amines is 1. The summed E-state index contributed by atoms with van der Waals surface area (Å²) in [6.45, 7) is 3.02. The van der Waals surface area contributed by atoms with Crippen LogP contribution >= 0.6 is 11.6 Å². The van der Waals surface area contributed by atoms with Gasteiger partial charge in [-0.05, 0) is 25.5 Å². The number of benzene rings is 1. The second-order valence-electron chi connectivity index (χ2n) is 5.71. The number of rotatable bonds is 3. The van der Waals surface area contributed by atoms with Gasteiger partial charge in [-0.25, -0.2) is 0 Å². The average molecular weight is 320 g/mol. The molecule has 2 unspecified atom stereocenters. The van der Waals surface area contributed by atoms with E-state index < -0.39 is 6.10 Å². The second kappa shape index (κ2) is 6.10. The Hall–Kier alpha value is -1.85. The molecule has 1 aliphatic heterocycles. The molecule has 22 heavy (non-hydrogen) atoms. The minimum absolute atomic E-state index is 0.0538. The van der Waals surface area contributed by atoms with Crippen molar-refractivity contribution in [2.75, 3.05) is 13.1 Å². The Bertz CT molecular complexity index is 666. The first-order valence-electron chi connectivity index (χ1n) is 7.33. The Kier molecular flexibility index (Phi) is 4.18. The molecule has 5 nitrogen and oxygen atoms in total. The van der Waals surface area contributed by atoms with Crippen LogP contribution in [0.1, 0.15) is 23.7 Å². The first-order chi connectivity index (χ1) is 10.6. The molecule has 0 radical (unpaired) electrons. The smallest absolute Gasteiger partial charge is 0.257 e. The molecule has 2 atom stereocenters. The van der Waals surface area contributed by atoms with Crippen molar-refractivity contribution in [1.29, 1.82) is 0 Å². The number of aliphatic hydroxyl groups excluding tert-OH is 1. The summed E-state index contributed by atoms with van der Waals surface area (Å²) in [5.41, 5.74) is 2.12. The zero-order valence-corrected chi connectivity index (χ0v) is 13.0. The van der Waals surface area contributed by atoms with Crippen molar-refractivity contribution >= 4 is 17.5 Å². The zero-order valence-electron chi connectivity index (χ0n) is 12.3. The number of carbonyl (C=O) groups is 1. The molecule has 1 fully saturated rings. The molecule has 1 saturated heterocycles. The highest BCUT2D eigenvalue weighted by Gasteiger charge is 2.31. The third-order valence-electron chi connectivity index (χ3n) is 4.20. The van der Waals surface area contributed by atoms with Gasteiger partial charge in [0.05, 0.1) is 23.6 Å². The maximum Gasteiger partial charge on any atom is 0.257 e. The lowest BCUT2D eigenvalue weighted by Gasteiger charge is -2.17. The van der Waals surface area contributed by atoms with Crippen LogP contribution in [-0.4, -0.2) is 45.3 Å². The molecule has 1 aliphatic rings. The predicted molar refractivity (Wildman–Crippen MR) is 84.7 cm³/mol. The van der Waals surface area contributed by atoms with Gasteiger partial charge in [-0.15, -0.1) is 0 Å². The van der Waals surface area contributed by atoms with Gasteiger partial charge < -0.3 is 10.0 Å². The van der Waals surface area contributed by atoms with Crippen LogP contribution in [0.25, 0.3) is 11.3 Å². The molecule has 116 valence electrons. The average Bonchev–Trinajstić information content (AvgIpc) is 3.17. The number of aromatic nitrogens is 2. The van der Waals surface area contributed by atoms with E-state index in [1.54, 1.807) is 30.2 Å². The van der Waals surface area contributed by atoms with Crippen LogP contribution in [0.4, 0.5) is 0 Å². The Morgan fingerprint density at radius 3 is 2.82 bits per heavy atom. The molecule has 1 aromatic heterocycles. The van der Waals surface area contributed by atoms with Crippen LogP contribution in [0.3, 0.4) is 0 Å². The molecule has 0 aliphatic carbocycles. The van der Waals surface area contributed by atoms with Crippen LogP contribution in [0.5, 0.6) is 0 Å². The van der Waals surface area contributed by atoms with E-state index in [9.17, 15) is 9.90 Å². The van der Waals surface area contributed by atoms with Crippen molar-refractivity contribution in [2.24, 2.45) is 5.92 Å². The lowest BCUT2D eigenvalue weighted by molar-refractivity contribution is 0.0763. The highest BCUT2D eigenvalue weighted by Crippen LogP contribution is 2.27. The van der Waals surface area contributed by atoms with E-state index in [0.29, 0.717) is 29.4 Å². The molecule has 1 amide bonds. The van der Waals surface area contributed by atoms with Crippen LogP contribution in [0.15, 0.2) is 30.5 Å². The number of nitrogens with one attached hydrogen (secondary N) is 1. The maximum atomic E-state index is 12.7. The number of hydrogen-bond acceptors (Lipinski definition) is 3. The molecule has 0 saturated carbocycles. The van der Waals surface area contributed by atoms with E-state index in [-0.39, 0.29) is 11.8 Å².